The summed E-state index contributed by atoms with van der Waals surface area (Å²) < 4.78 is 5.13. The van der Waals surface area contributed by atoms with Crippen LogP contribution in [0.4, 0.5) is 5.69 Å². The highest BCUT2D eigenvalue weighted by molar-refractivity contribution is 6.30. The van der Waals surface area contributed by atoms with Crippen molar-refractivity contribution in [2.75, 3.05) is 38.2 Å². The van der Waals surface area contributed by atoms with E-state index in [4.69, 9.17) is 16.3 Å². The van der Waals surface area contributed by atoms with Crippen LogP contribution in [0.1, 0.15) is 10.4 Å². The zero-order valence-corrected chi connectivity index (χ0v) is 19.2. The Bertz CT molecular complexity index is 1380. The molecule has 3 aromatic carbocycles. The average Bonchev–Trinajstić information content (AvgIpc) is 3.29. The van der Waals surface area contributed by atoms with Crippen LogP contribution in [0.2, 0.25) is 5.02 Å². The van der Waals surface area contributed by atoms with E-state index >= 15 is 0 Å². The fraction of sp³-hybridized carbons (Fsp3) is 0.200. The van der Waals surface area contributed by atoms with Crippen LogP contribution < -0.4 is 9.64 Å². The van der Waals surface area contributed by atoms with Gasteiger partial charge >= 0.3 is 0 Å². The van der Waals surface area contributed by atoms with Crippen molar-refractivity contribution in [1.82, 2.24) is 14.9 Å². The molecule has 0 aliphatic carbocycles. The van der Waals surface area contributed by atoms with Crippen LogP contribution in [-0.2, 0) is 0 Å². The van der Waals surface area contributed by atoms with Crippen molar-refractivity contribution < 1.29 is 19.7 Å². The third-order valence-corrected chi connectivity index (χ3v) is 6.25. The number of rotatable bonds is 4. The SMILES string of the molecule is COc1cc(-c2nc3ccc(N4CCN(C(=O)c5cccc(Cl)c5)CC4)cc3[nH]2)cc(O)c1O. The number of aromatic amines is 1. The number of phenolic OH excluding ortho intramolecular Hbond substituents is 2. The minimum absolute atomic E-state index is 0.0107. The van der Waals surface area contributed by atoms with Crippen molar-refractivity contribution in [3.8, 4) is 28.6 Å². The Morgan fingerprint density at radius 2 is 1.85 bits per heavy atom. The van der Waals surface area contributed by atoms with Crippen molar-refractivity contribution in [1.29, 1.82) is 0 Å². The Hall–Kier alpha value is -3.91. The summed E-state index contributed by atoms with van der Waals surface area (Å²) in [5, 5.41) is 20.4. The van der Waals surface area contributed by atoms with Gasteiger partial charge in [0.05, 0.1) is 18.1 Å². The minimum atomic E-state index is -0.308. The lowest BCUT2D eigenvalue weighted by molar-refractivity contribution is 0.0747. The molecule has 1 aliphatic rings. The zero-order chi connectivity index (χ0) is 23.8. The number of benzene rings is 3. The lowest BCUT2D eigenvalue weighted by atomic mass is 10.1. The Kier molecular flexibility index (Phi) is 5.67. The van der Waals surface area contributed by atoms with Crippen molar-refractivity contribution in [2.45, 2.75) is 0 Å². The smallest absolute Gasteiger partial charge is 0.254 e. The molecule has 0 saturated carbocycles. The molecule has 5 rings (SSSR count). The zero-order valence-electron chi connectivity index (χ0n) is 18.5. The highest BCUT2D eigenvalue weighted by atomic mass is 35.5. The Morgan fingerprint density at radius 1 is 1.06 bits per heavy atom. The van der Waals surface area contributed by atoms with Crippen LogP contribution in [0.15, 0.2) is 54.6 Å². The summed E-state index contributed by atoms with van der Waals surface area (Å²) in [5.74, 6) is 0.126. The predicted molar refractivity (Wildman–Crippen MR) is 131 cm³/mol. The van der Waals surface area contributed by atoms with Gasteiger partial charge in [-0.1, -0.05) is 17.7 Å². The summed E-state index contributed by atoms with van der Waals surface area (Å²) in [6, 6.07) is 16.1. The van der Waals surface area contributed by atoms with Gasteiger partial charge in [-0.15, -0.1) is 0 Å². The van der Waals surface area contributed by atoms with Gasteiger partial charge in [-0.2, -0.15) is 0 Å². The van der Waals surface area contributed by atoms with Gasteiger partial charge in [0.2, 0.25) is 5.75 Å². The quantitative estimate of drug-likeness (QED) is 0.379. The molecule has 1 aliphatic heterocycles. The highest BCUT2D eigenvalue weighted by Gasteiger charge is 2.23. The molecule has 1 amide bonds. The first-order chi connectivity index (χ1) is 16.4. The number of nitrogens with one attached hydrogen (secondary N) is 1. The van der Waals surface area contributed by atoms with E-state index in [1.807, 2.05) is 23.1 Å². The molecule has 3 N–H and O–H groups in total. The lowest BCUT2D eigenvalue weighted by Crippen LogP contribution is -2.48. The van der Waals surface area contributed by atoms with Crippen LogP contribution in [0, 0.1) is 0 Å². The minimum Gasteiger partial charge on any atom is -0.504 e. The number of carbonyl (C=O) groups excluding carboxylic acids is 1. The molecule has 2 heterocycles. The monoisotopic (exact) mass is 478 g/mol. The number of nitrogens with zero attached hydrogens (tertiary/aromatic N) is 3. The molecule has 0 unspecified atom stereocenters. The number of halogens is 1. The maximum Gasteiger partial charge on any atom is 0.254 e. The van der Waals surface area contributed by atoms with Gasteiger partial charge in [-0.3, -0.25) is 4.79 Å². The number of amides is 1. The van der Waals surface area contributed by atoms with E-state index in [1.165, 1.54) is 13.2 Å². The molecule has 9 heteroatoms. The van der Waals surface area contributed by atoms with Gasteiger partial charge in [0, 0.05) is 48.0 Å². The van der Waals surface area contributed by atoms with E-state index in [0.717, 1.165) is 16.7 Å². The third-order valence-electron chi connectivity index (χ3n) is 6.02. The average molecular weight is 479 g/mol. The van der Waals surface area contributed by atoms with Crippen LogP contribution in [-0.4, -0.2) is 64.3 Å². The van der Waals surface area contributed by atoms with Gasteiger partial charge in [0.15, 0.2) is 11.5 Å². The molecular formula is C25H23ClN4O4. The van der Waals surface area contributed by atoms with Crippen LogP contribution in [0.3, 0.4) is 0 Å². The third kappa shape index (κ3) is 4.08. The van der Waals surface area contributed by atoms with E-state index < -0.39 is 0 Å². The highest BCUT2D eigenvalue weighted by Crippen LogP contribution is 2.39. The van der Waals surface area contributed by atoms with E-state index in [-0.39, 0.29) is 23.2 Å². The maximum atomic E-state index is 12.8. The Morgan fingerprint density at radius 3 is 2.59 bits per heavy atom. The number of methoxy groups -OCH3 is 1. The van der Waals surface area contributed by atoms with Crippen molar-refractivity contribution in [3.63, 3.8) is 0 Å². The topological polar surface area (TPSA) is 102 Å². The van der Waals surface area contributed by atoms with Crippen molar-refractivity contribution in [2.24, 2.45) is 0 Å². The fourth-order valence-electron chi connectivity index (χ4n) is 4.19. The maximum absolute atomic E-state index is 12.8. The Balaban J connectivity index is 1.33. The van der Waals surface area contributed by atoms with Gasteiger partial charge in [0.1, 0.15) is 5.82 Å². The summed E-state index contributed by atoms with van der Waals surface area (Å²) in [7, 11) is 1.42. The largest absolute Gasteiger partial charge is 0.504 e. The standard InChI is InChI=1S/C25H23ClN4O4/c1-34-22-13-16(12-21(31)23(22)32)24-27-19-6-5-18(14-20(19)28-24)29-7-9-30(10-8-29)25(33)15-3-2-4-17(26)11-15/h2-6,11-14,31-32H,7-10H2,1H3,(H,27,28). The van der Waals surface area contributed by atoms with Crippen LogP contribution in [0.5, 0.6) is 17.2 Å². The number of anilines is 1. The van der Waals surface area contributed by atoms with Crippen molar-refractivity contribution in [3.05, 3.63) is 65.2 Å². The lowest BCUT2D eigenvalue weighted by Gasteiger charge is -2.36. The van der Waals surface area contributed by atoms with Crippen molar-refractivity contribution >= 4 is 34.2 Å². The summed E-state index contributed by atoms with van der Waals surface area (Å²) in [6.07, 6.45) is 0. The second kappa shape index (κ2) is 8.79. The number of piperazine rings is 1. The molecule has 34 heavy (non-hydrogen) atoms. The molecule has 0 spiro atoms. The second-order valence-corrected chi connectivity index (χ2v) is 8.56. The molecule has 0 atom stereocenters. The molecular weight excluding hydrogens is 456 g/mol. The number of ether oxygens (including phenoxy) is 1. The number of aromatic hydroxyl groups is 2. The molecule has 1 fully saturated rings. The molecule has 174 valence electrons. The number of imidazole rings is 1. The van der Waals surface area contributed by atoms with Crippen LogP contribution in [0.25, 0.3) is 22.4 Å². The summed E-state index contributed by atoms with van der Waals surface area (Å²) in [6.45, 7) is 2.65. The normalized spacial score (nSPS) is 13.9. The van der Waals surface area contributed by atoms with E-state index in [0.29, 0.717) is 48.2 Å². The van der Waals surface area contributed by atoms with E-state index in [9.17, 15) is 15.0 Å². The fourth-order valence-corrected chi connectivity index (χ4v) is 4.38. The molecule has 0 radical (unpaired) electrons. The van der Waals surface area contributed by atoms with Gasteiger partial charge in [-0.25, -0.2) is 4.98 Å². The molecule has 0 bridgehead atoms. The van der Waals surface area contributed by atoms with Gasteiger partial charge in [0.25, 0.3) is 5.91 Å². The molecule has 1 aromatic heterocycles. The number of fused-ring (bicyclic) bond motifs is 1. The summed E-state index contributed by atoms with van der Waals surface area (Å²) in [5.41, 5.74) is 3.85. The summed E-state index contributed by atoms with van der Waals surface area (Å²) in [4.78, 5) is 24.8. The molecule has 1 saturated heterocycles. The number of hydrogen-bond donors (Lipinski definition) is 3. The number of hydrogen-bond acceptors (Lipinski definition) is 6. The van der Waals surface area contributed by atoms with Gasteiger partial charge < -0.3 is 29.7 Å². The second-order valence-electron chi connectivity index (χ2n) is 8.12. The number of aromatic nitrogens is 2. The predicted octanol–water partition coefficient (Wildman–Crippen LogP) is 4.27. The van der Waals surface area contributed by atoms with E-state index in [1.54, 1.807) is 30.3 Å². The first-order valence-electron chi connectivity index (χ1n) is 10.8. The Labute approximate surface area is 201 Å². The van der Waals surface area contributed by atoms with E-state index in [2.05, 4.69) is 14.9 Å². The number of phenols is 2. The molecule has 8 nitrogen and oxygen atoms in total. The molecule has 4 aromatic rings. The number of carbonyl (C=O) groups is 1. The first-order valence-corrected chi connectivity index (χ1v) is 11.2. The summed E-state index contributed by atoms with van der Waals surface area (Å²) >= 11 is 6.03. The van der Waals surface area contributed by atoms with Crippen LogP contribution >= 0.6 is 11.6 Å². The first kappa shape index (κ1) is 21.9. The van der Waals surface area contributed by atoms with Gasteiger partial charge in [-0.05, 0) is 48.5 Å². The number of H-pyrrole nitrogens is 1.